The van der Waals surface area contributed by atoms with E-state index in [9.17, 15) is 0 Å². The average Bonchev–Trinajstić information content (AvgIpc) is 2.75. The van der Waals surface area contributed by atoms with Gasteiger partial charge in [0.1, 0.15) is 11.5 Å². The van der Waals surface area contributed by atoms with Crippen molar-refractivity contribution in [2.45, 2.75) is 58.5 Å². The molecule has 1 heterocycles. The van der Waals surface area contributed by atoms with E-state index in [4.69, 9.17) is 10.2 Å². The maximum absolute atomic E-state index is 6.11. The molecule has 0 bridgehead atoms. The molecule has 0 unspecified atom stereocenters. The van der Waals surface area contributed by atoms with Crippen LogP contribution >= 0.6 is 0 Å². The molecule has 0 atom stereocenters. The standard InChI is InChI=1S/C16H28N2O/c1-13-5-6-14(19-13)11-18(4)16(12-17)9-7-15(2,3)8-10-16/h5-6H,7-12,17H2,1-4H3. The third kappa shape index (κ3) is 3.21. The second kappa shape index (κ2) is 5.29. The van der Waals surface area contributed by atoms with Crippen LogP contribution in [0.4, 0.5) is 0 Å². The van der Waals surface area contributed by atoms with Gasteiger partial charge in [-0.2, -0.15) is 0 Å². The van der Waals surface area contributed by atoms with Crippen LogP contribution in [0.2, 0.25) is 0 Å². The molecule has 2 rings (SSSR count). The first-order valence-corrected chi connectivity index (χ1v) is 7.34. The summed E-state index contributed by atoms with van der Waals surface area (Å²) in [5.41, 5.74) is 6.74. The van der Waals surface area contributed by atoms with Gasteiger partial charge in [-0.25, -0.2) is 0 Å². The smallest absolute Gasteiger partial charge is 0.118 e. The van der Waals surface area contributed by atoms with E-state index < -0.39 is 0 Å². The van der Waals surface area contributed by atoms with Crippen molar-refractivity contribution in [2.24, 2.45) is 11.1 Å². The highest BCUT2D eigenvalue weighted by Crippen LogP contribution is 2.42. The minimum absolute atomic E-state index is 0.149. The Balaban J connectivity index is 2.05. The van der Waals surface area contributed by atoms with Crippen molar-refractivity contribution in [2.75, 3.05) is 13.6 Å². The topological polar surface area (TPSA) is 42.4 Å². The van der Waals surface area contributed by atoms with Gasteiger partial charge in [-0.05, 0) is 57.2 Å². The Kier molecular flexibility index (Phi) is 4.07. The first-order valence-electron chi connectivity index (χ1n) is 7.34. The van der Waals surface area contributed by atoms with E-state index in [0.29, 0.717) is 5.41 Å². The van der Waals surface area contributed by atoms with Crippen molar-refractivity contribution in [3.8, 4) is 0 Å². The number of nitrogens with zero attached hydrogens (tertiary/aromatic N) is 1. The summed E-state index contributed by atoms with van der Waals surface area (Å²) in [5, 5.41) is 0. The second-order valence-electron chi connectivity index (χ2n) is 6.96. The molecule has 1 aliphatic carbocycles. The van der Waals surface area contributed by atoms with Crippen LogP contribution in [-0.4, -0.2) is 24.0 Å². The van der Waals surface area contributed by atoms with Gasteiger partial charge < -0.3 is 10.2 Å². The van der Waals surface area contributed by atoms with E-state index in [1.54, 1.807) is 0 Å². The predicted molar refractivity (Wildman–Crippen MR) is 78.9 cm³/mol. The first-order chi connectivity index (χ1) is 8.87. The molecule has 1 fully saturated rings. The summed E-state index contributed by atoms with van der Waals surface area (Å²) < 4.78 is 5.69. The van der Waals surface area contributed by atoms with Crippen LogP contribution in [0.5, 0.6) is 0 Å². The van der Waals surface area contributed by atoms with E-state index in [0.717, 1.165) is 24.6 Å². The molecule has 2 N–H and O–H groups in total. The van der Waals surface area contributed by atoms with E-state index in [1.807, 2.05) is 13.0 Å². The van der Waals surface area contributed by atoms with Crippen LogP contribution in [0.15, 0.2) is 16.5 Å². The Morgan fingerprint density at radius 3 is 2.32 bits per heavy atom. The van der Waals surface area contributed by atoms with Gasteiger partial charge in [0, 0.05) is 12.1 Å². The molecule has 0 spiro atoms. The number of hydrogen-bond acceptors (Lipinski definition) is 3. The lowest BCUT2D eigenvalue weighted by molar-refractivity contribution is 0.0322. The Bertz CT molecular complexity index is 412. The van der Waals surface area contributed by atoms with E-state index in [2.05, 4.69) is 31.9 Å². The van der Waals surface area contributed by atoms with Gasteiger partial charge >= 0.3 is 0 Å². The van der Waals surface area contributed by atoms with Crippen LogP contribution in [0.1, 0.15) is 51.1 Å². The minimum atomic E-state index is 0.149. The Morgan fingerprint density at radius 1 is 1.21 bits per heavy atom. The zero-order valence-corrected chi connectivity index (χ0v) is 12.8. The van der Waals surface area contributed by atoms with Gasteiger partial charge in [-0.1, -0.05) is 13.8 Å². The number of rotatable bonds is 4. The van der Waals surface area contributed by atoms with Crippen molar-refractivity contribution >= 4 is 0 Å². The van der Waals surface area contributed by atoms with Crippen molar-refractivity contribution in [1.82, 2.24) is 4.90 Å². The molecule has 0 aromatic carbocycles. The summed E-state index contributed by atoms with van der Waals surface area (Å²) in [6.45, 7) is 8.31. The zero-order chi connectivity index (χ0) is 14.1. The molecule has 108 valence electrons. The van der Waals surface area contributed by atoms with Gasteiger partial charge in [-0.15, -0.1) is 0 Å². The number of hydrogen-bond donors (Lipinski definition) is 1. The Labute approximate surface area is 117 Å². The fourth-order valence-corrected chi connectivity index (χ4v) is 3.11. The lowest BCUT2D eigenvalue weighted by Crippen LogP contribution is -2.54. The second-order valence-corrected chi connectivity index (χ2v) is 6.96. The van der Waals surface area contributed by atoms with Crippen LogP contribution in [0.3, 0.4) is 0 Å². The number of nitrogens with two attached hydrogens (primary N) is 1. The summed E-state index contributed by atoms with van der Waals surface area (Å²) in [6, 6.07) is 4.10. The molecule has 19 heavy (non-hydrogen) atoms. The summed E-state index contributed by atoms with van der Waals surface area (Å²) in [4.78, 5) is 2.40. The van der Waals surface area contributed by atoms with Gasteiger partial charge in [0.05, 0.1) is 6.54 Å². The quantitative estimate of drug-likeness (QED) is 0.907. The van der Waals surface area contributed by atoms with Gasteiger partial charge in [-0.3, -0.25) is 4.90 Å². The van der Waals surface area contributed by atoms with Crippen molar-refractivity contribution in [3.05, 3.63) is 23.7 Å². The largest absolute Gasteiger partial charge is 0.465 e. The van der Waals surface area contributed by atoms with Crippen LogP contribution in [0, 0.1) is 12.3 Å². The molecule has 0 radical (unpaired) electrons. The number of likely N-dealkylation sites (N-methyl/N-ethyl adjacent to an activating group) is 1. The summed E-state index contributed by atoms with van der Waals surface area (Å²) >= 11 is 0. The molecule has 0 aliphatic heterocycles. The lowest BCUT2D eigenvalue weighted by Gasteiger charge is -2.48. The van der Waals surface area contributed by atoms with Gasteiger partial charge in [0.25, 0.3) is 0 Å². The molecule has 0 saturated heterocycles. The molecule has 3 nitrogen and oxygen atoms in total. The molecule has 1 saturated carbocycles. The fraction of sp³-hybridized carbons (Fsp3) is 0.750. The Morgan fingerprint density at radius 2 is 1.84 bits per heavy atom. The summed E-state index contributed by atoms with van der Waals surface area (Å²) in [7, 11) is 2.18. The highest BCUT2D eigenvalue weighted by atomic mass is 16.3. The number of aryl methyl sites for hydroxylation is 1. The maximum atomic E-state index is 6.11. The van der Waals surface area contributed by atoms with Gasteiger partial charge in [0.2, 0.25) is 0 Å². The van der Waals surface area contributed by atoms with Crippen LogP contribution in [0.25, 0.3) is 0 Å². The highest BCUT2D eigenvalue weighted by Gasteiger charge is 2.40. The van der Waals surface area contributed by atoms with Gasteiger partial charge in [0.15, 0.2) is 0 Å². The highest BCUT2D eigenvalue weighted by molar-refractivity contribution is 5.07. The van der Waals surface area contributed by atoms with Crippen LogP contribution < -0.4 is 5.73 Å². The molecule has 1 aromatic heterocycles. The minimum Gasteiger partial charge on any atom is -0.465 e. The Hall–Kier alpha value is -0.800. The van der Waals surface area contributed by atoms with E-state index in [-0.39, 0.29) is 5.54 Å². The van der Waals surface area contributed by atoms with E-state index in [1.165, 1.54) is 25.7 Å². The zero-order valence-electron chi connectivity index (χ0n) is 12.8. The van der Waals surface area contributed by atoms with E-state index >= 15 is 0 Å². The molecule has 1 aliphatic rings. The number of furan rings is 1. The third-order valence-corrected chi connectivity index (χ3v) is 4.91. The predicted octanol–water partition coefficient (Wildman–Crippen LogP) is 3.32. The van der Waals surface area contributed by atoms with Crippen molar-refractivity contribution in [1.29, 1.82) is 0 Å². The summed E-state index contributed by atoms with van der Waals surface area (Å²) in [5.74, 6) is 2.02. The monoisotopic (exact) mass is 264 g/mol. The lowest BCUT2D eigenvalue weighted by atomic mass is 9.69. The van der Waals surface area contributed by atoms with Crippen molar-refractivity contribution < 1.29 is 4.42 Å². The van der Waals surface area contributed by atoms with Crippen LogP contribution in [-0.2, 0) is 6.54 Å². The molecule has 1 aromatic rings. The average molecular weight is 264 g/mol. The summed E-state index contributed by atoms with van der Waals surface area (Å²) in [6.07, 6.45) is 4.89. The molecular weight excluding hydrogens is 236 g/mol. The molecular formula is C16H28N2O. The molecule has 0 amide bonds. The fourth-order valence-electron chi connectivity index (χ4n) is 3.11. The van der Waals surface area contributed by atoms with Crippen molar-refractivity contribution in [3.63, 3.8) is 0 Å². The first kappa shape index (κ1) is 14.6. The third-order valence-electron chi connectivity index (χ3n) is 4.91. The molecule has 3 heteroatoms. The normalized spacial score (nSPS) is 21.8. The SMILES string of the molecule is Cc1ccc(CN(C)C2(CN)CCC(C)(C)CC2)o1. The maximum Gasteiger partial charge on any atom is 0.118 e.